The van der Waals surface area contributed by atoms with Crippen molar-refractivity contribution < 1.29 is 27.5 Å². The fraction of sp³-hybridized carbons (Fsp3) is 0.231. The van der Waals surface area contributed by atoms with E-state index in [1.165, 1.54) is 7.11 Å². The van der Waals surface area contributed by atoms with E-state index >= 15 is 0 Å². The van der Waals surface area contributed by atoms with Gasteiger partial charge in [-0.25, -0.2) is 4.79 Å². The molecule has 0 aliphatic heterocycles. The third-order valence-electron chi connectivity index (χ3n) is 5.74. The summed E-state index contributed by atoms with van der Waals surface area (Å²) >= 11 is 6.35. The highest BCUT2D eigenvalue weighted by molar-refractivity contribution is 6.31. The molecule has 2 heterocycles. The first kappa shape index (κ1) is 24.6. The minimum atomic E-state index is -4.57. The molecular formula is C26H20ClF3N2O3. The molecule has 9 heteroatoms. The molecule has 0 bridgehead atoms. The number of rotatable bonds is 7. The Hall–Kier alpha value is -3.52. The molecule has 1 aliphatic rings. The maximum Gasteiger partial charge on any atom is 0.417 e. The summed E-state index contributed by atoms with van der Waals surface area (Å²) in [6.45, 7) is 0. The number of aromatic nitrogens is 2. The number of fused-ring (bicyclic) bond motifs is 1. The van der Waals surface area contributed by atoms with E-state index in [2.05, 4.69) is 9.97 Å². The van der Waals surface area contributed by atoms with Gasteiger partial charge >= 0.3 is 12.1 Å². The average Bonchev–Trinajstić information content (AvgIpc) is 3.27. The summed E-state index contributed by atoms with van der Waals surface area (Å²) in [4.78, 5) is 32.4. The summed E-state index contributed by atoms with van der Waals surface area (Å²) in [5.41, 5.74) is 3.61. The summed E-state index contributed by atoms with van der Waals surface area (Å²) in [5, 5.41) is 0.531. The number of methoxy groups -OCH3 is 1. The van der Waals surface area contributed by atoms with Gasteiger partial charge in [0, 0.05) is 47.6 Å². The SMILES string of the molecule is COC(=O)C1=Cc2cc(CCc3cc(CC(=O)c4cncc(C(F)(F)F)c4)ccc3Cl)cnc2C1. The van der Waals surface area contributed by atoms with Crippen LogP contribution >= 0.6 is 11.6 Å². The molecule has 0 atom stereocenters. The van der Waals surface area contributed by atoms with Gasteiger partial charge in [0.05, 0.1) is 18.4 Å². The molecule has 0 spiro atoms. The van der Waals surface area contributed by atoms with Crippen LogP contribution in [0.1, 0.15) is 43.9 Å². The highest BCUT2D eigenvalue weighted by Gasteiger charge is 2.31. The van der Waals surface area contributed by atoms with Crippen molar-refractivity contribution >= 4 is 29.4 Å². The van der Waals surface area contributed by atoms with Crippen LogP contribution in [0.5, 0.6) is 0 Å². The Morgan fingerprint density at radius 3 is 2.60 bits per heavy atom. The van der Waals surface area contributed by atoms with Gasteiger partial charge in [0.2, 0.25) is 0 Å². The second-order valence-corrected chi connectivity index (χ2v) is 8.61. The van der Waals surface area contributed by atoms with Gasteiger partial charge < -0.3 is 4.74 Å². The van der Waals surface area contributed by atoms with E-state index in [1.54, 1.807) is 30.5 Å². The lowest BCUT2D eigenvalue weighted by Crippen LogP contribution is -2.10. The zero-order valence-electron chi connectivity index (χ0n) is 18.7. The molecule has 0 unspecified atom stereocenters. The van der Waals surface area contributed by atoms with Gasteiger partial charge in [-0.15, -0.1) is 0 Å². The largest absolute Gasteiger partial charge is 0.466 e. The van der Waals surface area contributed by atoms with Gasteiger partial charge in [0.25, 0.3) is 0 Å². The van der Waals surface area contributed by atoms with Crippen LogP contribution in [0.25, 0.3) is 6.08 Å². The Morgan fingerprint density at radius 1 is 1.06 bits per heavy atom. The molecule has 0 saturated carbocycles. The fourth-order valence-electron chi connectivity index (χ4n) is 3.89. The van der Waals surface area contributed by atoms with Crippen molar-refractivity contribution in [2.24, 2.45) is 0 Å². The van der Waals surface area contributed by atoms with Crippen molar-refractivity contribution in [2.45, 2.75) is 31.9 Å². The molecular weight excluding hydrogens is 481 g/mol. The summed E-state index contributed by atoms with van der Waals surface area (Å²) < 4.78 is 43.6. The van der Waals surface area contributed by atoms with Crippen LogP contribution in [0.4, 0.5) is 13.2 Å². The molecule has 4 rings (SSSR count). The van der Waals surface area contributed by atoms with Crippen LogP contribution in [0.3, 0.4) is 0 Å². The van der Waals surface area contributed by atoms with Crippen molar-refractivity contribution in [3.05, 3.63) is 98.6 Å². The number of nitrogens with zero attached hydrogens (tertiary/aromatic N) is 2. The number of esters is 1. The fourth-order valence-corrected chi connectivity index (χ4v) is 4.10. The standard InChI is InChI=1S/C26H20ClF3N2O3/c1-35-25(34)19-9-18-7-16(12-32-23(18)11-19)2-4-17-6-15(3-5-22(17)27)8-24(33)20-10-21(14-31-13-20)26(28,29)30/h3,5-7,9-10,12-14H,2,4,8,11H2,1H3. The van der Waals surface area contributed by atoms with Gasteiger partial charge in [-0.05, 0) is 59.4 Å². The van der Waals surface area contributed by atoms with Crippen molar-refractivity contribution in [1.82, 2.24) is 9.97 Å². The molecule has 1 aliphatic carbocycles. The van der Waals surface area contributed by atoms with E-state index < -0.39 is 17.5 Å². The minimum absolute atomic E-state index is 0.0747. The van der Waals surface area contributed by atoms with Crippen molar-refractivity contribution in [3.8, 4) is 0 Å². The first-order chi connectivity index (χ1) is 16.6. The van der Waals surface area contributed by atoms with Crippen molar-refractivity contribution in [3.63, 3.8) is 0 Å². The van der Waals surface area contributed by atoms with Gasteiger partial charge in [-0.2, -0.15) is 13.2 Å². The first-order valence-corrected chi connectivity index (χ1v) is 11.1. The van der Waals surface area contributed by atoms with E-state index in [9.17, 15) is 22.8 Å². The van der Waals surface area contributed by atoms with E-state index in [0.29, 0.717) is 41.6 Å². The lowest BCUT2D eigenvalue weighted by molar-refractivity contribution is -0.138. The Morgan fingerprint density at radius 2 is 1.86 bits per heavy atom. The maximum atomic E-state index is 12.9. The number of carbonyl (C=O) groups excluding carboxylic acids is 2. The van der Waals surface area contributed by atoms with Gasteiger partial charge in [0.1, 0.15) is 0 Å². The van der Waals surface area contributed by atoms with Crippen molar-refractivity contribution in [2.75, 3.05) is 7.11 Å². The highest BCUT2D eigenvalue weighted by Crippen LogP contribution is 2.29. The normalized spacial score (nSPS) is 12.8. The number of aryl methyl sites for hydroxylation is 2. The molecule has 35 heavy (non-hydrogen) atoms. The van der Waals surface area contributed by atoms with E-state index in [1.807, 2.05) is 6.07 Å². The predicted octanol–water partition coefficient (Wildman–Crippen LogP) is 5.47. The predicted molar refractivity (Wildman–Crippen MR) is 124 cm³/mol. The Bertz CT molecular complexity index is 1340. The zero-order valence-corrected chi connectivity index (χ0v) is 19.4. The molecule has 0 saturated heterocycles. The lowest BCUT2D eigenvalue weighted by Gasteiger charge is -2.10. The van der Waals surface area contributed by atoms with Gasteiger partial charge in [-0.3, -0.25) is 14.8 Å². The lowest BCUT2D eigenvalue weighted by atomic mass is 9.98. The second kappa shape index (κ2) is 10.00. The Labute approximate surface area is 204 Å². The number of ketones is 1. The number of hydrogen-bond donors (Lipinski definition) is 0. The number of pyridine rings is 2. The van der Waals surface area contributed by atoms with Crippen LogP contribution in [0, 0.1) is 0 Å². The third-order valence-corrected chi connectivity index (χ3v) is 6.11. The smallest absolute Gasteiger partial charge is 0.417 e. The number of hydrogen-bond acceptors (Lipinski definition) is 5. The van der Waals surface area contributed by atoms with E-state index in [0.717, 1.165) is 34.6 Å². The molecule has 0 amide bonds. The van der Waals surface area contributed by atoms with E-state index in [4.69, 9.17) is 16.3 Å². The topological polar surface area (TPSA) is 69.2 Å². The molecule has 1 aromatic carbocycles. The van der Waals surface area contributed by atoms with Gasteiger partial charge in [-0.1, -0.05) is 23.7 Å². The molecule has 3 aromatic rings. The number of benzene rings is 1. The average molecular weight is 501 g/mol. The third kappa shape index (κ3) is 5.77. The molecule has 2 aromatic heterocycles. The number of alkyl halides is 3. The summed E-state index contributed by atoms with van der Waals surface area (Å²) in [7, 11) is 1.34. The van der Waals surface area contributed by atoms with Gasteiger partial charge in [0.15, 0.2) is 5.78 Å². The Kier molecular flexibility index (Phi) is 7.03. The quantitative estimate of drug-likeness (QED) is 0.318. The monoisotopic (exact) mass is 500 g/mol. The molecule has 180 valence electrons. The summed E-state index contributed by atoms with van der Waals surface area (Å²) in [6, 6.07) is 7.93. The van der Waals surface area contributed by atoms with Crippen LogP contribution in [0.2, 0.25) is 5.02 Å². The number of carbonyl (C=O) groups is 2. The minimum Gasteiger partial charge on any atom is -0.466 e. The van der Waals surface area contributed by atoms with E-state index in [-0.39, 0.29) is 18.0 Å². The molecule has 0 N–H and O–H groups in total. The second-order valence-electron chi connectivity index (χ2n) is 8.20. The molecule has 5 nitrogen and oxygen atoms in total. The maximum absolute atomic E-state index is 12.9. The first-order valence-electron chi connectivity index (χ1n) is 10.7. The number of ether oxygens (including phenoxy) is 1. The highest BCUT2D eigenvalue weighted by atomic mass is 35.5. The Balaban J connectivity index is 1.45. The number of Topliss-reactive ketones (excluding diaryl/α,β-unsaturated/α-hetero) is 1. The van der Waals surface area contributed by atoms with Crippen LogP contribution in [0.15, 0.2) is 54.5 Å². The molecule has 0 radical (unpaired) electrons. The summed E-state index contributed by atoms with van der Waals surface area (Å²) in [5.74, 6) is -0.837. The van der Waals surface area contributed by atoms with Crippen LogP contribution in [-0.4, -0.2) is 28.8 Å². The molecule has 0 fully saturated rings. The summed E-state index contributed by atoms with van der Waals surface area (Å²) in [6.07, 6.45) is 2.34. The van der Waals surface area contributed by atoms with Crippen LogP contribution in [-0.2, 0) is 41.4 Å². The van der Waals surface area contributed by atoms with Crippen LogP contribution < -0.4 is 0 Å². The number of halogens is 4. The zero-order chi connectivity index (χ0) is 25.2. The van der Waals surface area contributed by atoms with Crippen molar-refractivity contribution in [1.29, 1.82) is 0 Å².